The summed E-state index contributed by atoms with van der Waals surface area (Å²) >= 11 is 3.28. The lowest BCUT2D eigenvalue weighted by molar-refractivity contribution is 0.261. The second kappa shape index (κ2) is 5.54. The maximum absolute atomic E-state index is 8.35. The highest BCUT2D eigenvalue weighted by Gasteiger charge is 1.99. The summed E-state index contributed by atoms with van der Waals surface area (Å²) < 4.78 is 0. The van der Waals surface area contributed by atoms with Crippen LogP contribution in [0.5, 0.6) is 0 Å². The Morgan fingerprint density at radius 2 is 1.50 bits per heavy atom. The Kier molecular flexibility index (Phi) is 5.81. The van der Waals surface area contributed by atoms with Crippen LogP contribution in [0.2, 0.25) is 0 Å². The van der Waals surface area contributed by atoms with Gasteiger partial charge < -0.3 is 10.2 Å². The number of alkyl halides is 1. The summed E-state index contributed by atoms with van der Waals surface area (Å²) in [6.45, 7) is 0.381. The summed E-state index contributed by atoms with van der Waals surface area (Å²) in [6, 6.07) is 0. The topological polar surface area (TPSA) is 40.5 Å². The zero-order chi connectivity index (χ0) is 6.41. The molecule has 0 radical (unpaired) electrons. The lowest BCUT2D eigenvalue weighted by atomic mass is 10.2. The number of hydrogen-bond acceptors (Lipinski definition) is 2. The summed E-state index contributed by atoms with van der Waals surface area (Å²) in [6.07, 6.45) is 1.45. The van der Waals surface area contributed by atoms with E-state index in [2.05, 4.69) is 15.9 Å². The minimum atomic E-state index is 0.190. The zero-order valence-corrected chi connectivity index (χ0v) is 6.26. The van der Waals surface area contributed by atoms with Crippen LogP contribution in [0.25, 0.3) is 0 Å². The van der Waals surface area contributed by atoms with E-state index in [1.54, 1.807) is 0 Å². The van der Waals surface area contributed by atoms with Crippen molar-refractivity contribution >= 4 is 15.9 Å². The van der Waals surface area contributed by atoms with E-state index in [0.29, 0.717) is 0 Å². The molecule has 0 aliphatic rings. The molecule has 2 nitrogen and oxygen atoms in total. The van der Waals surface area contributed by atoms with Crippen molar-refractivity contribution in [1.82, 2.24) is 0 Å². The molecule has 0 aromatic heterocycles. The Morgan fingerprint density at radius 1 is 1.12 bits per heavy atom. The molecule has 0 spiro atoms. The standard InChI is InChI=1S/C5H11BrO2/c6-5(1-3-7)2-4-8/h5,7-8H,1-4H2. The van der Waals surface area contributed by atoms with Gasteiger partial charge in [-0.3, -0.25) is 0 Å². The molecule has 0 aliphatic heterocycles. The summed E-state index contributed by atoms with van der Waals surface area (Å²) in [7, 11) is 0. The molecule has 0 bridgehead atoms. The zero-order valence-electron chi connectivity index (χ0n) is 4.68. The van der Waals surface area contributed by atoms with Crippen LogP contribution in [0, 0.1) is 0 Å². The van der Waals surface area contributed by atoms with Gasteiger partial charge in [-0.1, -0.05) is 15.9 Å². The van der Waals surface area contributed by atoms with Gasteiger partial charge in [0.05, 0.1) is 0 Å². The number of hydrogen-bond donors (Lipinski definition) is 2. The largest absolute Gasteiger partial charge is 0.396 e. The molecule has 0 saturated heterocycles. The van der Waals surface area contributed by atoms with E-state index in [9.17, 15) is 0 Å². The molecule has 0 aliphatic carbocycles. The minimum Gasteiger partial charge on any atom is -0.396 e. The highest BCUT2D eigenvalue weighted by molar-refractivity contribution is 9.09. The molecule has 0 aromatic carbocycles. The van der Waals surface area contributed by atoms with Gasteiger partial charge in [0.25, 0.3) is 0 Å². The lowest BCUT2D eigenvalue weighted by Crippen LogP contribution is -2.02. The summed E-state index contributed by atoms with van der Waals surface area (Å²) in [5, 5.41) is 16.7. The predicted octanol–water partition coefficient (Wildman–Crippen LogP) is 0.515. The van der Waals surface area contributed by atoms with Crippen molar-refractivity contribution in [2.24, 2.45) is 0 Å². The summed E-state index contributed by atoms with van der Waals surface area (Å²) in [4.78, 5) is 0.275. The second-order valence-corrected chi connectivity index (χ2v) is 2.92. The fourth-order valence-corrected chi connectivity index (χ4v) is 0.834. The fourth-order valence-electron chi connectivity index (χ4n) is 0.425. The van der Waals surface area contributed by atoms with Gasteiger partial charge in [-0.25, -0.2) is 0 Å². The predicted molar refractivity (Wildman–Crippen MR) is 36.1 cm³/mol. The Balaban J connectivity index is 2.92. The molecule has 0 heterocycles. The molecule has 3 heteroatoms. The molecule has 0 atom stereocenters. The maximum Gasteiger partial charge on any atom is 0.0441 e. The molecule has 0 amide bonds. The molecule has 50 valence electrons. The van der Waals surface area contributed by atoms with Crippen molar-refractivity contribution < 1.29 is 10.2 Å². The first-order valence-corrected chi connectivity index (χ1v) is 3.58. The van der Waals surface area contributed by atoms with E-state index in [-0.39, 0.29) is 18.0 Å². The van der Waals surface area contributed by atoms with Gasteiger partial charge in [-0.2, -0.15) is 0 Å². The highest BCUT2D eigenvalue weighted by atomic mass is 79.9. The van der Waals surface area contributed by atoms with Gasteiger partial charge in [0.2, 0.25) is 0 Å². The average molecular weight is 183 g/mol. The first-order valence-electron chi connectivity index (χ1n) is 2.67. The van der Waals surface area contributed by atoms with Crippen molar-refractivity contribution in [3.05, 3.63) is 0 Å². The molecule has 8 heavy (non-hydrogen) atoms. The van der Waals surface area contributed by atoms with Gasteiger partial charge in [0.1, 0.15) is 0 Å². The van der Waals surface area contributed by atoms with E-state index in [4.69, 9.17) is 10.2 Å². The molecule has 0 fully saturated rings. The molecule has 0 rings (SSSR count). The number of aliphatic hydroxyl groups excluding tert-OH is 2. The van der Waals surface area contributed by atoms with Crippen LogP contribution < -0.4 is 0 Å². The van der Waals surface area contributed by atoms with E-state index in [1.165, 1.54) is 0 Å². The van der Waals surface area contributed by atoms with Crippen molar-refractivity contribution in [3.8, 4) is 0 Å². The van der Waals surface area contributed by atoms with Gasteiger partial charge in [-0.05, 0) is 12.8 Å². The molecule has 0 aromatic rings. The maximum atomic E-state index is 8.35. The number of aliphatic hydroxyl groups is 2. The van der Waals surface area contributed by atoms with Crippen LogP contribution in [-0.2, 0) is 0 Å². The fraction of sp³-hybridized carbons (Fsp3) is 1.00. The van der Waals surface area contributed by atoms with Gasteiger partial charge in [0, 0.05) is 18.0 Å². The normalized spacial score (nSPS) is 10.5. The van der Waals surface area contributed by atoms with Crippen LogP contribution in [0.1, 0.15) is 12.8 Å². The van der Waals surface area contributed by atoms with Crippen LogP contribution in [-0.4, -0.2) is 28.3 Å². The summed E-state index contributed by atoms with van der Waals surface area (Å²) in [5.74, 6) is 0. The third-order valence-electron chi connectivity index (χ3n) is 0.885. The molecule has 0 saturated carbocycles. The Morgan fingerprint density at radius 3 is 1.75 bits per heavy atom. The molecule has 0 unspecified atom stereocenters. The third-order valence-corrected chi connectivity index (χ3v) is 1.80. The third kappa shape index (κ3) is 4.56. The Hall–Kier alpha value is 0.400. The molecular weight excluding hydrogens is 172 g/mol. The lowest BCUT2D eigenvalue weighted by Gasteiger charge is -2.02. The van der Waals surface area contributed by atoms with Crippen LogP contribution >= 0.6 is 15.9 Å². The second-order valence-electron chi connectivity index (χ2n) is 1.62. The molecular formula is C5H11BrO2. The average Bonchev–Trinajstić information content (AvgIpc) is 1.68. The SMILES string of the molecule is OCCC(Br)CCO. The van der Waals surface area contributed by atoms with E-state index in [0.717, 1.165) is 12.8 Å². The number of halogens is 1. The minimum absolute atomic E-state index is 0.190. The van der Waals surface area contributed by atoms with Crippen molar-refractivity contribution in [2.75, 3.05) is 13.2 Å². The highest BCUT2D eigenvalue weighted by Crippen LogP contribution is 2.07. The van der Waals surface area contributed by atoms with Crippen molar-refractivity contribution in [2.45, 2.75) is 17.7 Å². The van der Waals surface area contributed by atoms with Crippen molar-refractivity contribution in [1.29, 1.82) is 0 Å². The number of rotatable bonds is 4. The van der Waals surface area contributed by atoms with E-state index >= 15 is 0 Å². The monoisotopic (exact) mass is 182 g/mol. The smallest absolute Gasteiger partial charge is 0.0441 e. The van der Waals surface area contributed by atoms with Gasteiger partial charge in [0.15, 0.2) is 0 Å². The first kappa shape index (κ1) is 8.40. The quantitative estimate of drug-likeness (QED) is 0.623. The van der Waals surface area contributed by atoms with E-state index < -0.39 is 0 Å². The van der Waals surface area contributed by atoms with Crippen molar-refractivity contribution in [3.63, 3.8) is 0 Å². The Labute approximate surface area is 57.7 Å². The van der Waals surface area contributed by atoms with Crippen LogP contribution in [0.15, 0.2) is 0 Å². The molecule has 2 N–H and O–H groups in total. The summed E-state index contributed by atoms with van der Waals surface area (Å²) in [5.41, 5.74) is 0. The first-order chi connectivity index (χ1) is 3.81. The van der Waals surface area contributed by atoms with Gasteiger partial charge >= 0.3 is 0 Å². The van der Waals surface area contributed by atoms with Crippen LogP contribution in [0.3, 0.4) is 0 Å². The van der Waals surface area contributed by atoms with Gasteiger partial charge in [-0.15, -0.1) is 0 Å². The Bertz CT molecular complexity index is 43.7. The van der Waals surface area contributed by atoms with E-state index in [1.807, 2.05) is 0 Å². The van der Waals surface area contributed by atoms with Crippen LogP contribution in [0.4, 0.5) is 0 Å².